The van der Waals surface area contributed by atoms with Gasteiger partial charge in [-0.1, -0.05) is 36.9 Å². The van der Waals surface area contributed by atoms with Crippen molar-refractivity contribution in [2.45, 2.75) is 13.1 Å². The van der Waals surface area contributed by atoms with E-state index in [0.717, 1.165) is 71.6 Å². The van der Waals surface area contributed by atoms with Crippen molar-refractivity contribution in [1.82, 2.24) is 24.9 Å². The number of H-pyrrole nitrogens is 1. The molecule has 204 valence electrons. The maximum absolute atomic E-state index is 13.2. The summed E-state index contributed by atoms with van der Waals surface area (Å²) in [6, 6.07) is 18.5. The largest absolute Gasteiger partial charge is 0.398 e. The van der Waals surface area contributed by atoms with Crippen molar-refractivity contribution in [2.75, 3.05) is 45.5 Å². The highest BCUT2D eigenvalue weighted by molar-refractivity contribution is 6.06. The maximum atomic E-state index is 13.2. The first-order valence-electron chi connectivity index (χ1n) is 13.5. The van der Waals surface area contributed by atoms with Crippen LogP contribution < -0.4 is 11.5 Å². The third-order valence-corrected chi connectivity index (χ3v) is 8.00. The molecule has 2 aliphatic rings. The Morgan fingerprint density at radius 2 is 1.85 bits per heavy atom. The second-order valence-electron chi connectivity index (χ2n) is 10.8. The Morgan fingerprint density at radius 3 is 2.62 bits per heavy atom. The summed E-state index contributed by atoms with van der Waals surface area (Å²) in [5, 5.41) is 8.86. The van der Waals surface area contributed by atoms with E-state index in [2.05, 4.69) is 64.0 Å². The van der Waals surface area contributed by atoms with Crippen molar-refractivity contribution in [3.05, 3.63) is 83.4 Å². The Kier molecular flexibility index (Phi) is 6.61. The number of nitrogens with one attached hydrogen (secondary N) is 1. The molecule has 1 fully saturated rings. The number of anilines is 1. The molecule has 4 aromatic rings. The Labute approximate surface area is 233 Å². The summed E-state index contributed by atoms with van der Waals surface area (Å²) in [7, 11) is 2.17. The van der Waals surface area contributed by atoms with E-state index in [1.807, 2.05) is 18.2 Å². The summed E-state index contributed by atoms with van der Waals surface area (Å²) in [5.41, 5.74) is 19.5. The topological polar surface area (TPSA) is 125 Å². The van der Waals surface area contributed by atoms with Gasteiger partial charge in [-0.15, -0.1) is 0 Å². The van der Waals surface area contributed by atoms with Crippen molar-refractivity contribution < 1.29 is 9.59 Å². The molecular weight excluding hydrogens is 502 g/mol. The number of nitrogens with two attached hydrogens (primary N) is 2. The number of benzene rings is 3. The first-order chi connectivity index (χ1) is 19.3. The number of hydrogen-bond donors (Lipinski definition) is 3. The molecule has 40 heavy (non-hydrogen) atoms. The first kappa shape index (κ1) is 25.8. The van der Waals surface area contributed by atoms with Gasteiger partial charge in [0.1, 0.15) is 0 Å². The number of nitrogens with zero attached hydrogens (tertiary/aromatic N) is 4. The quantitative estimate of drug-likeness (QED) is 0.247. The molecule has 0 unspecified atom stereocenters. The molecule has 0 bridgehead atoms. The van der Waals surface area contributed by atoms with Gasteiger partial charge in [0, 0.05) is 61.5 Å². The summed E-state index contributed by atoms with van der Waals surface area (Å²) >= 11 is 0. The van der Waals surface area contributed by atoms with Gasteiger partial charge in [0.25, 0.3) is 5.91 Å². The summed E-state index contributed by atoms with van der Waals surface area (Å²) in [5.74, 6) is -0.846. The van der Waals surface area contributed by atoms with Crippen LogP contribution in [0.15, 0.2) is 66.7 Å². The minimum absolute atomic E-state index is 0.0666. The Bertz CT molecular complexity index is 1650. The van der Waals surface area contributed by atoms with Crippen LogP contribution >= 0.6 is 0 Å². The van der Waals surface area contributed by atoms with Gasteiger partial charge in [-0.25, -0.2) is 0 Å². The molecular formula is C31H33N7O2. The average Bonchev–Trinajstić information content (AvgIpc) is 3.51. The molecule has 2 amide bonds. The van der Waals surface area contributed by atoms with Crippen molar-refractivity contribution in [1.29, 1.82) is 0 Å². The van der Waals surface area contributed by atoms with Gasteiger partial charge in [-0.3, -0.25) is 19.6 Å². The molecule has 1 aromatic heterocycles. The molecule has 9 heteroatoms. The van der Waals surface area contributed by atoms with Gasteiger partial charge < -0.3 is 21.3 Å². The van der Waals surface area contributed by atoms with Crippen LogP contribution in [-0.2, 0) is 17.9 Å². The van der Waals surface area contributed by atoms with Crippen LogP contribution in [0, 0.1) is 0 Å². The molecule has 0 atom stereocenters. The molecule has 5 N–H and O–H groups in total. The number of fused-ring (bicyclic) bond motifs is 2. The number of amides is 2. The SMILES string of the molecule is C=C(CN1Cc2c(-c3ccc4[nH]nc(-c5cccc(CN6CCN(C)CC6)c5)c4c3)ccc(N)c2C1=O)C(N)=O. The summed E-state index contributed by atoms with van der Waals surface area (Å²) in [6.45, 7) is 9.33. The van der Waals surface area contributed by atoms with Gasteiger partial charge in [0.05, 0.1) is 23.3 Å². The average molecular weight is 536 g/mol. The lowest BCUT2D eigenvalue weighted by molar-refractivity contribution is -0.114. The number of primary amides is 1. The zero-order valence-corrected chi connectivity index (χ0v) is 22.6. The zero-order valence-electron chi connectivity index (χ0n) is 22.6. The predicted molar refractivity (Wildman–Crippen MR) is 157 cm³/mol. The molecule has 0 aliphatic carbocycles. The highest BCUT2D eigenvalue weighted by Gasteiger charge is 2.32. The highest BCUT2D eigenvalue weighted by Crippen LogP contribution is 2.38. The van der Waals surface area contributed by atoms with Crippen molar-refractivity contribution in [3.63, 3.8) is 0 Å². The minimum atomic E-state index is -0.623. The van der Waals surface area contributed by atoms with E-state index in [-0.39, 0.29) is 18.0 Å². The van der Waals surface area contributed by atoms with Crippen LogP contribution in [0.2, 0.25) is 0 Å². The van der Waals surface area contributed by atoms with E-state index in [1.54, 1.807) is 11.0 Å². The fourth-order valence-corrected chi connectivity index (χ4v) is 5.69. The van der Waals surface area contributed by atoms with E-state index in [9.17, 15) is 9.59 Å². The summed E-state index contributed by atoms with van der Waals surface area (Å²) < 4.78 is 0. The summed E-state index contributed by atoms with van der Waals surface area (Å²) in [6.07, 6.45) is 0. The lowest BCUT2D eigenvalue weighted by Gasteiger charge is -2.32. The minimum Gasteiger partial charge on any atom is -0.398 e. The van der Waals surface area contributed by atoms with E-state index in [0.29, 0.717) is 17.8 Å². The summed E-state index contributed by atoms with van der Waals surface area (Å²) in [4.78, 5) is 31.2. The van der Waals surface area contributed by atoms with Gasteiger partial charge in [0.2, 0.25) is 5.91 Å². The fourth-order valence-electron chi connectivity index (χ4n) is 5.69. The van der Waals surface area contributed by atoms with Gasteiger partial charge >= 0.3 is 0 Å². The van der Waals surface area contributed by atoms with E-state index in [1.165, 1.54) is 5.56 Å². The number of likely N-dealkylation sites (N-methyl/N-ethyl adjacent to an activating group) is 1. The Hall–Kier alpha value is -4.47. The number of piperazine rings is 1. The number of carbonyl (C=O) groups is 2. The standard InChI is InChI=1S/C31H33N7O2/c1-19(30(33)39)16-38-18-25-23(7-8-26(32)28(25)31(38)40)21-6-9-27-24(15-21)29(35-34-27)22-5-3-4-20(14-22)17-37-12-10-36(2)11-13-37/h3-9,14-15H,1,10-13,16-18,32H2,2H3,(H2,33,39)(H,34,35). The van der Waals surface area contributed by atoms with Crippen LogP contribution in [0.3, 0.4) is 0 Å². The Morgan fingerprint density at radius 1 is 1.05 bits per heavy atom. The van der Waals surface area contributed by atoms with Gasteiger partial charge in [-0.05, 0) is 53.6 Å². The van der Waals surface area contributed by atoms with E-state index >= 15 is 0 Å². The molecule has 1 saturated heterocycles. The van der Waals surface area contributed by atoms with Gasteiger partial charge in [0.15, 0.2) is 0 Å². The molecule has 0 radical (unpaired) electrons. The second kappa shape index (κ2) is 10.3. The number of carbonyl (C=O) groups excluding carboxylic acids is 2. The number of rotatable bonds is 7. The van der Waals surface area contributed by atoms with Gasteiger partial charge in [-0.2, -0.15) is 5.10 Å². The molecule has 6 rings (SSSR count). The molecule has 2 aliphatic heterocycles. The zero-order chi connectivity index (χ0) is 28.0. The first-order valence-corrected chi connectivity index (χ1v) is 13.5. The van der Waals surface area contributed by atoms with E-state index < -0.39 is 5.91 Å². The maximum Gasteiger partial charge on any atom is 0.256 e. The molecule has 3 aromatic carbocycles. The van der Waals surface area contributed by atoms with Crippen molar-refractivity contribution in [3.8, 4) is 22.4 Å². The number of aromatic nitrogens is 2. The smallest absolute Gasteiger partial charge is 0.256 e. The van der Waals surface area contributed by atoms with Crippen LogP contribution in [-0.4, -0.2) is 76.5 Å². The van der Waals surface area contributed by atoms with Crippen LogP contribution in [0.25, 0.3) is 33.3 Å². The lowest BCUT2D eigenvalue weighted by Crippen LogP contribution is -2.43. The van der Waals surface area contributed by atoms with Crippen LogP contribution in [0.1, 0.15) is 21.5 Å². The number of hydrogen-bond acceptors (Lipinski definition) is 6. The molecule has 9 nitrogen and oxygen atoms in total. The van der Waals surface area contributed by atoms with Crippen LogP contribution in [0.4, 0.5) is 5.69 Å². The number of nitrogen functional groups attached to an aromatic ring is 1. The number of aromatic amines is 1. The third-order valence-electron chi connectivity index (χ3n) is 8.00. The van der Waals surface area contributed by atoms with E-state index in [4.69, 9.17) is 11.5 Å². The monoisotopic (exact) mass is 535 g/mol. The highest BCUT2D eigenvalue weighted by atomic mass is 16.2. The van der Waals surface area contributed by atoms with Crippen molar-refractivity contribution >= 4 is 28.4 Å². The fraction of sp³-hybridized carbons (Fsp3) is 0.258. The second-order valence-corrected chi connectivity index (χ2v) is 10.8. The predicted octanol–water partition coefficient (Wildman–Crippen LogP) is 3.22. The molecule has 0 spiro atoms. The normalized spacial score (nSPS) is 16.0. The molecule has 3 heterocycles. The van der Waals surface area contributed by atoms with Crippen LogP contribution in [0.5, 0.6) is 0 Å². The lowest BCUT2D eigenvalue weighted by atomic mass is 9.94. The van der Waals surface area contributed by atoms with Crippen molar-refractivity contribution in [2.24, 2.45) is 5.73 Å². The molecule has 0 saturated carbocycles. The Balaban J connectivity index is 1.33. The third kappa shape index (κ3) is 4.74.